The minimum absolute atomic E-state index is 0.362. The first-order chi connectivity index (χ1) is 7.83. The number of aromatic amines is 1. The molecule has 3 rings (SSSR count). The zero-order valence-corrected chi connectivity index (χ0v) is 9.19. The van der Waals surface area contributed by atoms with Gasteiger partial charge in [0.1, 0.15) is 0 Å². The predicted molar refractivity (Wildman–Crippen MR) is 65.5 cm³/mol. The second kappa shape index (κ2) is 3.79. The molecule has 0 spiro atoms. The Morgan fingerprint density at radius 3 is 2.75 bits per heavy atom. The summed E-state index contributed by atoms with van der Waals surface area (Å²) in [5.74, 6) is 0.980. The summed E-state index contributed by atoms with van der Waals surface area (Å²) in [5, 5.41) is 0. The van der Waals surface area contributed by atoms with E-state index >= 15 is 0 Å². The molecule has 2 aromatic rings. The second-order valence-electron chi connectivity index (χ2n) is 4.40. The average Bonchev–Trinajstić information content (AvgIpc) is 2.73. The van der Waals surface area contributed by atoms with Gasteiger partial charge in [0.2, 0.25) is 5.95 Å². The number of piperidine rings is 1. The van der Waals surface area contributed by atoms with Gasteiger partial charge in [-0.15, -0.1) is 0 Å². The molecule has 1 aromatic carbocycles. The summed E-state index contributed by atoms with van der Waals surface area (Å²) in [6, 6.07) is 8.49. The molecule has 0 unspecified atom stereocenters. The van der Waals surface area contributed by atoms with Crippen LogP contribution in [0.4, 0.5) is 5.95 Å². The van der Waals surface area contributed by atoms with Crippen LogP contribution in [-0.2, 0) is 0 Å². The lowest BCUT2D eigenvalue weighted by Gasteiger charge is -2.29. The Bertz CT molecular complexity index is 449. The van der Waals surface area contributed by atoms with E-state index < -0.39 is 0 Å². The molecule has 0 atom stereocenters. The zero-order chi connectivity index (χ0) is 11.0. The van der Waals surface area contributed by atoms with Gasteiger partial charge in [-0.05, 0) is 25.0 Å². The molecule has 4 heteroatoms. The van der Waals surface area contributed by atoms with Crippen molar-refractivity contribution in [1.29, 1.82) is 0 Å². The van der Waals surface area contributed by atoms with Gasteiger partial charge in [-0.25, -0.2) is 4.98 Å². The summed E-state index contributed by atoms with van der Waals surface area (Å²) in [6.45, 7) is 2.00. The number of nitrogens with zero attached hydrogens (tertiary/aromatic N) is 2. The highest BCUT2D eigenvalue weighted by molar-refractivity contribution is 5.77. The van der Waals surface area contributed by atoms with E-state index in [1.54, 1.807) is 0 Å². The fourth-order valence-corrected chi connectivity index (χ4v) is 2.20. The second-order valence-corrected chi connectivity index (χ2v) is 4.40. The first kappa shape index (κ1) is 9.66. The fourth-order valence-electron chi connectivity index (χ4n) is 2.20. The summed E-state index contributed by atoms with van der Waals surface area (Å²) in [7, 11) is 0. The van der Waals surface area contributed by atoms with Crippen LogP contribution in [0.2, 0.25) is 0 Å². The largest absolute Gasteiger partial charge is 0.342 e. The Morgan fingerprint density at radius 2 is 2.00 bits per heavy atom. The average molecular weight is 216 g/mol. The van der Waals surface area contributed by atoms with Crippen LogP contribution in [0, 0.1) is 0 Å². The maximum absolute atomic E-state index is 5.89. The number of benzene rings is 1. The normalized spacial score (nSPS) is 18.2. The standard InChI is InChI=1S/C12H16N4/c13-9-5-7-16(8-6-9)12-14-10-3-1-2-4-11(10)15-12/h1-4,9H,5-8,13H2,(H,14,15). The molecule has 0 amide bonds. The van der Waals surface area contributed by atoms with Gasteiger partial charge in [0.05, 0.1) is 11.0 Å². The molecule has 2 heterocycles. The van der Waals surface area contributed by atoms with Gasteiger partial charge in [-0.2, -0.15) is 0 Å². The molecule has 16 heavy (non-hydrogen) atoms. The summed E-state index contributed by atoms with van der Waals surface area (Å²) in [4.78, 5) is 10.2. The number of fused-ring (bicyclic) bond motifs is 1. The van der Waals surface area contributed by atoms with E-state index in [0.717, 1.165) is 42.9 Å². The van der Waals surface area contributed by atoms with Crippen molar-refractivity contribution in [3.63, 3.8) is 0 Å². The van der Waals surface area contributed by atoms with Crippen molar-refractivity contribution in [2.45, 2.75) is 18.9 Å². The van der Waals surface area contributed by atoms with Crippen molar-refractivity contribution in [2.75, 3.05) is 18.0 Å². The highest BCUT2D eigenvalue weighted by Gasteiger charge is 2.18. The van der Waals surface area contributed by atoms with Crippen molar-refractivity contribution < 1.29 is 0 Å². The van der Waals surface area contributed by atoms with Crippen molar-refractivity contribution in [1.82, 2.24) is 9.97 Å². The van der Waals surface area contributed by atoms with Gasteiger partial charge in [-0.1, -0.05) is 12.1 Å². The van der Waals surface area contributed by atoms with Gasteiger partial charge in [0.15, 0.2) is 0 Å². The molecule has 84 valence electrons. The highest BCUT2D eigenvalue weighted by Crippen LogP contribution is 2.20. The SMILES string of the molecule is NC1CCN(c2nc3ccccc3[nH]2)CC1. The molecule has 0 radical (unpaired) electrons. The topological polar surface area (TPSA) is 57.9 Å². The van der Waals surface area contributed by atoms with Gasteiger partial charge in [-0.3, -0.25) is 0 Å². The van der Waals surface area contributed by atoms with Crippen molar-refractivity contribution in [2.24, 2.45) is 5.73 Å². The van der Waals surface area contributed by atoms with Gasteiger partial charge >= 0.3 is 0 Å². The van der Waals surface area contributed by atoms with Gasteiger partial charge in [0, 0.05) is 19.1 Å². The quantitative estimate of drug-likeness (QED) is 0.759. The lowest BCUT2D eigenvalue weighted by atomic mass is 10.1. The lowest BCUT2D eigenvalue weighted by molar-refractivity contribution is 0.497. The number of H-pyrrole nitrogens is 1. The monoisotopic (exact) mass is 216 g/mol. The minimum atomic E-state index is 0.362. The summed E-state index contributed by atoms with van der Waals surface area (Å²) in [6.07, 6.45) is 2.11. The first-order valence-electron chi connectivity index (χ1n) is 5.78. The van der Waals surface area contributed by atoms with E-state index in [1.807, 2.05) is 18.2 Å². The number of nitrogens with two attached hydrogens (primary N) is 1. The third-order valence-electron chi connectivity index (χ3n) is 3.22. The lowest BCUT2D eigenvalue weighted by Crippen LogP contribution is -2.40. The van der Waals surface area contributed by atoms with E-state index in [-0.39, 0.29) is 0 Å². The number of imidazole rings is 1. The molecule has 4 nitrogen and oxygen atoms in total. The van der Waals surface area contributed by atoms with E-state index in [1.165, 1.54) is 0 Å². The molecule has 1 aliphatic heterocycles. The number of hydrogen-bond donors (Lipinski definition) is 2. The molecule has 1 aliphatic rings. The van der Waals surface area contributed by atoms with Crippen LogP contribution in [-0.4, -0.2) is 29.1 Å². The van der Waals surface area contributed by atoms with Crippen LogP contribution in [0.5, 0.6) is 0 Å². The molecule has 1 aromatic heterocycles. The Labute approximate surface area is 94.5 Å². The van der Waals surface area contributed by atoms with Crippen molar-refractivity contribution in [3.8, 4) is 0 Å². The molecule has 0 saturated carbocycles. The Balaban J connectivity index is 1.88. The molecule has 3 N–H and O–H groups in total. The first-order valence-corrected chi connectivity index (χ1v) is 5.78. The Morgan fingerprint density at radius 1 is 1.25 bits per heavy atom. The van der Waals surface area contributed by atoms with Crippen LogP contribution < -0.4 is 10.6 Å². The number of aromatic nitrogens is 2. The Kier molecular flexibility index (Phi) is 2.29. The van der Waals surface area contributed by atoms with Gasteiger partial charge < -0.3 is 15.6 Å². The third-order valence-corrected chi connectivity index (χ3v) is 3.22. The number of para-hydroxylation sites is 2. The van der Waals surface area contributed by atoms with Crippen LogP contribution in [0.1, 0.15) is 12.8 Å². The van der Waals surface area contributed by atoms with Crippen molar-refractivity contribution >= 4 is 17.0 Å². The maximum Gasteiger partial charge on any atom is 0.203 e. The summed E-state index contributed by atoms with van der Waals surface area (Å²) >= 11 is 0. The van der Waals surface area contributed by atoms with Crippen LogP contribution in [0.15, 0.2) is 24.3 Å². The fraction of sp³-hybridized carbons (Fsp3) is 0.417. The molecule has 0 aliphatic carbocycles. The van der Waals surface area contributed by atoms with Gasteiger partial charge in [0.25, 0.3) is 0 Å². The van der Waals surface area contributed by atoms with E-state index in [9.17, 15) is 0 Å². The number of hydrogen-bond acceptors (Lipinski definition) is 3. The van der Waals surface area contributed by atoms with Crippen LogP contribution >= 0.6 is 0 Å². The Hall–Kier alpha value is -1.55. The number of nitrogens with one attached hydrogen (secondary N) is 1. The van der Waals surface area contributed by atoms with Crippen LogP contribution in [0.25, 0.3) is 11.0 Å². The minimum Gasteiger partial charge on any atom is -0.342 e. The molecule has 0 bridgehead atoms. The van der Waals surface area contributed by atoms with E-state index in [2.05, 4.69) is 20.9 Å². The summed E-state index contributed by atoms with van der Waals surface area (Å²) < 4.78 is 0. The molecular formula is C12H16N4. The summed E-state index contributed by atoms with van der Waals surface area (Å²) in [5.41, 5.74) is 8.03. The van der Waals surface area contributed by atoms with Crippen molar-refractivity contribution in [3.05, 3.63) is 24.3 Å². The highest BCUT2D eigenvalue weighted by atomic mass is 15.3. The maximum atomic E-state index is 5.89. The molecule has 1 saturated heterocycles. The number of rotatable bonds is 1. The third kappa shape index (κ3) is 1.65. The molecule has 1 fully saturated rings. The van der Waals surface area contributed by atoms with E-state index in [4.69, 9.17) is 5.73 Å². The molecular weight excluding hydrogens is 200 g/mol. The zero-order valence-electron chi connectivity index (χ0n) is 9.19. The van der Waals surface area contributed by atoms with Crippen LogP contribution in [0.3, 0.4) is 0 Å². The predicted octanol–water partition coefficient (Wildman–Crippen LogP) is 1.49. The number of anilines is 1. The van der Waals surface area contributed by atoms with E-state index in [0.29, 0.717) is 6.04 Å². The smallest absolute Gasteiger partial charge is 0.203 e.